The van der Waals surface area contributed by atoms with Gasteiger partial charge in [-0.15, -0.1) is 0 Å². The summed E-state index contributed by atoms with van der Waals surface area (Å²) in [6, 6.07) is 9.79. The van der Waals surface area contributed by atoms with Crippen molar-refractivity contribution in [2.24, 2.45) is 0 Å². The molecule has 1 heterocycles. The number of rotatable bonds is 2. The molecule has 4 heteroatoms. The predicted octanol–water partition coefficient (Wildman–Crippen LogP) is 3.40. The summed E-state index contributed by atoms with van der Waals surface area (Å²) < 4.78 is 6.13. The third-order valence-corrected chi connectivity index (χ3v) is 3.82. The molecule has 0 atom stereocenters. The lowest BCUT2D eigenvalue weighted by atomic mass is 9.97. The molecule has 3 rings (SSSR count). The Kier molecular flexibility index (Phi) is 3.42. The van der Waals surface area contributed by atoms with Crippen LogP contribution in [0.5, 0.6) is 5.75 Å². The maximum Gasteiger partial charge on any atom is 0.150 e. The van der Waals surface area contributed by atoms with E-state index in [1.54, 1.807) is 0 Å². The largest absolute Gasteiger partial charge is 0.488 e. The molecule has 0 aliphatic heterocycles. The van der Waals surface area contributed by atoms with E-state index in [2.05, 4.69) is 11.1 Å². The van der Waals surface area contributed by atoms with E-state index in [1.165, 1.54) is 19.3 Å². The molecule has 20 heavy (non-hydrogen) atoms. The molecule has 1 aliphatic carbocycles. The Bertz CT molecular complexity index is 669. The van der Waals surface area contributed by atoms with Crippen molar-refractivity contribution in [2.45, 2.75) is 38.2 Å². The molecular weight excluding hydrogens is 250 g/mol. The van der Waals surface area contributed by atoms with Gasteiger partial charge in [-0.2, -0.15) is 5.26 Å². The van der Waals surface area contributed by atoms with E-state index in [0.29, 0.717) is 11.3 Å². The van der Waals surface area contributed by atoms with Crippen LogP contribution in [0.15, 0.2) is 24.3 Å². The normalized spacial score (nSPS) is 15.9. The number of ether oxygens (including phenoxy) is 1. The molecule has 102 valence electrons. The summed E-state index contributed by atoms with van der Waals surface area (Å²) in [4.78, 5) is 4.28. The lowest BCUT2D eigenvalue weighted by Gasteiger charge is -2.24. The van der Waals surface area contributed by atoms with Gasteiger partial charge in [-0.25, -0.2) is 4.98 Å². The number of fused-ring (bicyclic) bond motifs is 1. The predicted molar refractivity (Wildman–Crippen MR) is 78.4 cm³/mol. The van der Waals surface area contributed by atoms with Crippen LogP contribution in [0.1, 0.15) is 37.7 Å². The average molecular weight is 267 g/mol. The molecule has 0 radical (unpaired) electrons. The molecule has 1 aromatic carbocycles. The van der Waals surface area contributed by atoms with Gasteiger partial charge in [-0.3, -0.25) is 0 Å². The van der Waals surface area contributed by atoms with E-state index in [9.17, 15) is 5.26 Å². The lowest BCUT2D eigenvalue weighted by molar-refractivity contribution is 0.156. The van der Waals surface area contributed by atoms with Crippen LogP contribution in [0.2, 0.25) is 0 Å². The average Bonchev–Trinajstić information content (AvgIpc) is 2.48. The molecule has 2 N–H and O–H groups in total. The number of hydrogen-bond acceptors (Lipinski definition) is 4. The molecule has 1 fully saturated rings. The van der Waals surface area contributed by atoms with Crippen LogP contribution in [0.3, 0.4) is 0 Å². The number of aromatic nitrogens is 1. The zero-order valence-electron chi connectivity index (χ0n) is 11.3. The topological polar surface area (TPSA) is 71.9 Å². The summed E-state index contributed by atoms with van der Waals surface area (Å²) in [5.74, 6) is 0.847. The summed E-state index contributed by atoms with van der Waals surface area (Å²) in [7, 11) is 0. The van der Waals surface area contributed by atoms with Gasteiger partial charge in [0.05, 0.1) is 11.6 Å². The second kappa shape index (κ2) is 5.38. The molecule has 0 amide bonds. The van der Waals surface area contributed by atoms with E-state index < -0.39 is 0 Å². The molecule has 2 aromatic rings. The van der Waals surface area contributed by atoms with Gasteiger partial charge in [0, 0.05) is 5.39 Å². The van der Waals surface area contributed by atoms with Crippen LogP contribution in [0.25, 0.3) is 10.9 Å². The molecular formula is C16H17N3O. The quantitative estimate of drug-likeness (QED) is 0.905. The Hall–Kier alpha value is -2.28. The van der Waals surface area contributed by atoms with E-state index in [-0.39, 0.29) is 11.9 Å². The highest BCUT2D eigenvalue weighted by atomic mass is 16.5. The fourth-order valence-corrected chi connectivity index (χ4v) is 2.78. The third kappa shape index (κ3) is 2.27. The molecule has 4 nitrogen and oxygen atoms in total. The van der Waals surface area contributed by atoms with Crippen LogP contribution in [-0.2, 0) is 0 Å². The van der Waals surface area contributed by atoms with Crippen molar-refractivity contribution in [3.05, 3.63) is 29.8 Å². The Morgan fingerprint density at radius 3 is 2.70 bits per heavy atom. The molecule has 1 aromatic heterocycles. The number of hydrogen-bond donors (Lipinski definition) is 1. The number of nitrogens with zero attached hydrogens (tertiary/aromatic N) is 2. The second-order valence-corrected chi connectivity index (χ2v) is 5.21. The SMILES string of the molecule is N#Cc1c(N)nc2ccccc2c1OC1CCCCC1. The van der Waals surface area contributed by atoms with Crippen LogP contribution in [-0.4, -0.2) is 11.1 Å². The third-order valence-electron chi connectivity index (χ3n) is 3.82. The molecule has 0 spiro atoms. The van der Waals surface area contributed by atoms with E-state index in [1.807, 2.05) is 24.3 Å². The van der Waals surface area contributed by atoms with Gasteiger partial charge in [0.2, 0.25) is 0 Å². The maximum absolute atomic E-state index is 9.34. The van der Waals surface area contributed by atoms with Crippen molar-refractivity contribution in [2.75, 3.05) is 5.73 Å². The van der Waals surface area contributed by atoms with Crippen molar-refractivity contribution in [1.29, 1.82) is 5.26 Å². The summed E-state index contributed by atoms with van der Waals surface area (Å²) in [6.45, 7) is 0. The minimum Gasteiger partial charge on any atom is -0.488 e. The fraction of sp³-hybridized carbons (Fsp3) is 0.375. The zero-order chi connectivity index (χ0) is 13.9. The Balaban J connectivity index is 2.08. The van der Waals surface area contributed by atoms with Gasteiger partial charge < -0.3 is 10.5 Å². The summed E-state index contributed by atoms with van der Waals surface area (Å²) >= 11 is 0. The number of anilines is 1. The van der Waals surface area contributed by atoms with Gasteiger partial charge in [0.25, 0.3) is 0 Å². The number of benzene rings is 1. The van der Waals surface area contributed by atoms with E-state index in [4.69, 9.17) is 10.5 Å². The highest BCUT2D eigenvalue weighted by Gasteiger charge is 2.20. The van der Waals surface area contributed by atoms with Crippen molar-refractivity contribution in [3.8, 4) is 11.8 Å². The summed E-state index contributed by atoms with van der Waals surface area (Å²) in [5.41, 5.74) is 7.02. The molecule has 0 bridgehead atoms. The first-order valence-electron chi connectivity index (χ1n) is 7.04. The molecule has 1 aliphatic rings. The van der Waals surface area contributed by atoms with Crippen molar-refractivity contribution in [3.63, 3.8) is 0 Å². The summed E-state index contributed by atoms with van der Waals surface area (Å²) in [6.07, 6.45) is 5.91. The van der Waals surface area contributed by atoms with Crippen LogP contribution in [0.4, 0.5) is 5.82 Å². The molecule has 0 unspecified atom stereocenters. The van der Waals surface area contributed by atoms with Crippen molar-refractivity contribution >= 4 is 16.7 Å². The number of nitrogens with two attached hydrogens (primary N) is 1. The standard InChI is InChI=1S/C16H17N3O/c17-10-13-15(20-11-6-2-1-3-7-11)12-8-4-5-9-14(12)19-16(13)18/h4-5,8-9,11H,1-3,6-7H2,(H2,18,19). The number of nitriles is 1. The first kappa shape index (κ1) is 12.7. The van der Waals surface area contributed by atoms with Crippen molar-refractivity contribution < 1.29 is 4.74 Å². The van der Waals surface area contributed by atoms with E-state index >= 15 is 0 Å². The first-order chi connectivity index (χ1) is 9.79. The Morgan fingerprint density at radius 1 is 1.20 bits per heavy atom. The van der Waals surface area contributed by atoms with Gasteiger partial charge in [0.1, 0.15) is 17.5 Å². The monoisotopic (exact) mass is 267 g/mol. The maximum atomic E-state index is 9.34. The minimum absolute atomic E-state index is 0.182. The Morgan fingerprint density at radius 2 is 1.95 bits per heavy atom. The first-order valence-corrected chi connectivity index (χ1v) is 7.04. The van der Waals surface area contributed by atoms with Crippen molar-refractivity contribution in [1.82, 2.24) is 4.98 Å². The van der Waals surface area contributed by atoms with E-state index in [0.717, 1.165) is 23.7 Å². The number of pyridine rings is 1. The van der Waals surface area contributed by atoms with Gasteiger partial charge in [0.15, 0.2) is 5.75 Å². The van der Waals surface area contributed by atoms with Gasteiger partial charge in [-0.1, -0.05) is 18.6 Å². The highest BCUT2D eigenvalue weighted by molar-refractivity contribution is 5.90. The molecule has 1 saturated carbocycles. The van der Waals surface area contributed by atoms with Crippen LogP contribution >= 0.6 is 0 Å². The lowest BCUT2D eigenvalue weighted by Crippen LogP contribution is -2.20. The van der Waals surface area contributed by atoms with Crippen LogP contribution in [0, 0.1) is 11.3 Å². The second-order valence-electron chi connectivity index (χ2n) is 5.21. The summed E-state index contributed by atoms with van der Waals surface area (Å²) in [5, 5.41) is 10.2. The Labute approximate surface area is 118 Å². The minimum atomic E-state index is 0.182. The zero-order valence-corrected chi connectivity index (χ0v) is 11.3. The van der Waals surface area contributed by atoms with Gasteiger partial charge >= 0.3 is 0 Å². The smallest absolute Gasteiger partial charge is 0.150 e. The van der Waals surface area contributed by atoms with Gasteiger partial charge in [-0.05, 0) is 37.8 Å². The number of para-hydroxylation sites is 1. The fourth-order valence-electron chi connectivity index (χ4n) is 2.78. The highest BCUT2D eigenvalue weighted by Crippen LogP contribution is 2.34. The van der Waals surface area contributed by atoms with Crippen LogP contribution < -0.4 is 10.5 Å². The molecule has 0 saturated heterocycles. The number of nitrogen functional groups attached to an aromatic ring is 1.